The molecule has 0 saturated heterocycles. The van der Waals surface area contributed by atoms with Crippen molar-refractivity contribution >= 4 is 22.4 Å². The molecular weight excluding hydrogens is 212 g/mol. The Bertz CT molecular complexity index is 534. The zero-order valence-electron chi connectivity index (χ0n) is 9.69. The Hall–Kier alpha value is -1.84. The molecule has 1 aromatic carbocycles. The van der Waals surface area contributed by atoms with Crippen LogP contribution in [0.15, 0.2) is 24.5 Å². The third kappa shape index (κ3) is 2.30. The van der Waals surface area contributed by atoms with E-state index in [0.29, 0.717) is 0 Å². The number of aromatic nitrogens is 2. The molecule has 0 bridgehead atoms. The number of nitrogens with one attached hydrogen (secondary N) is 1. The lowest BCUT2D eigenvalue weighted by Gasteiger charge is -2.08. The van der Waals surface area contributed by atoms with Gasteiger partial charge in [0.1, 0.15) is 12.1 Å². The average Bonchev–Trinajstić information content (AvgIpc) is 3.13. The Labute approximate surface area is 100 Å². The molecule has 0 amide bonds. The predicted molar refractivity (Wildman–Crippen MR) is 69.8 cm³/mol. The summed E-state index contributed by atoms with van der Waals surface area (Å²) in [5.41, 5.74) is 7.37. The monoisotopic (exact) mass is 228 g/mol. The maximum atomic E-state index is 5.74. The maximum absolute atomic E-state index is 5.74. The molecule has 0 unspecified atom stereocenters. The zero-order chi connectivity index (χ0) is 11.7. The van der Waals surface area contributed by atoms with Crippen molar-refractivity contribution in [3.05, 3.63) is 24.5 Å². The minimum Gasteiger partial charge on any atom is -0.399 e. The van der Waals surface area contributed by atoms with Crippen LogP contribution in [-0.4, -0.2) is 16.5 Å². The van der Waals surface area contributed by atoms with E-state index in [4.69, 9.17) is 5.73 Å². The van der Waals surface area contributed by atoms with Crippen LogP contribution in [0.3, 0.4) is 0 Å². The Morgan fingerprint density at radius 3 is 3.00 bits per heavy atom. The van der Waals surface area contributed by atoms with Crippen molar-refractivity contribution in [3.8, 4) is 0 Å². The summed E-state index contributed by atoms with van der Waals surface area (Å²) in [6, 6.07) is 5.74. The first-order valence-corrected chi connectivity index (χ1v) is 6.07. The smallest absolute Gasteiger partial charge is 0.137 e. The summed E-state index contributed by atoms with van der Waals surface area (Å²) >= 11 is 0. The van der Waals surface area contributed by atoms with Gasteiger partial charge < -0.3 is 11.1 Å². The van der Waals surface area contributed by atoms with Gasteiger partial charge in [0, 0.05) is 17.6 Å². The highest BCUT2D eigenvalue weighted by molar-refractivity contribution is 5.90. The Morgan fingerprint density at radius 1 is 1.29 bits per heavy atom. The van der Waals surface area contributed by atoms with Gasteiger partial charge in [0.05, 0.1) is 5.52 Å². The number of benzene rings is 1. The molecule has 1 fully saturated rings. The van der Waals surface area contributed by atoms with Gasteiger partial charge in [-0.25, -0.2) is 9.97 Å². The van der Waals surface area contributed by atoms with Crippen LogP contribution in [0.5, 0.6) is 0 Å². The van der Waals surface area contributed by atoms with E-state index in [2.05, 4.69) is 15.3 Å². The maximum Gasteiger partial charge on any atom is 0.137 e. The molecule has 3 N–H and O–H groups in total. The number of nitrogen functional groups attached to an aromatic ring is 1. The Morgan fingerprint density at radius 2 is 2.18 bits per heavy atom. The van der Waals surface area contributed by atoms with E-state index in [1.807, 2.05) is 18.2 Å². The summed E-state index contributed by atoms with van der Waals surface area (Å²) in [7, 11) is 0. The molecule has 1 saturated carbocycles. The van der Waals surface area contributed by atoms with Gasteiger partial charge in [0.2, 0.25) is 0 Å². The van der Waals surface area contributed by atoms with Crippen molar-refractivity contribution in [2.45, 2.75) is 19.3 Å². The van der Waals surface area contributed by atoms with Gasteiger partial charge in [-0.3, -0.25) is 0 Å². The predicted octanol–water partition coefficient (Wildman–Crippen LogP) is 2.42. The number of rotatable bonds is 4. The van der Waals surface area contributed by atoms with Crippen LogP contribution in [-0.2, 0) is 0 Å². The molecule has 2 aromatic rings. The summed E-state index contributed by atoms with van der Waals surface area (Å²) < 4.78 is 0. The summed E-state index contributed by atoms with van der Waals surface area (Å²) in [6.07, 6.45) is 5.60. The molecule has 3 rings (SSSR count). The number of nitrogens with zero attached hydrogens (tertiary/aromatic N) is 2. The van der Waals surface area contributed by atoms with E-state index in [1.165, 1.54) is 19.3 Å². The van der Waals surface area contributed by atoms with E-state index in [9.17, 15) is 0 Å². The fourth-order valence-electron chi connectivity index (χ4n) is 2.02. The molecule has 0 spiro atoms. The SMILES string of the molecule is Nc1ccc2c(NCCC3CC3)ncnc2c1. The van der Waals surface area contributed by atoms with Crippen molar-refractivity contribution in [3.63, 3.8) is 0 Å². The van der Waals surface area contributed by atoms with Crippen LogP contribution in [0.1, 0.15) is 19.3 Å². The first-order chi connectivity index (χ1) is 8.33. The number of anilines is 2. The molecule has 0 atom stereocenters. The number of fused-ring (bicyclic) bond motifs is 1. The van der Waals surface area contributed by atoms with Crippen LogP contribution < -0.4 is 11.1 Å². The van der Waals surface area contributed by atoms with E-state index < -0.39 is 0 Å². The Balaban J connectivity index is 1.81. The average molecular weight is 228 g/mol. The first kappa shape index (κ1) is 10.3. The van der Waals surface area contributed by atoms with Crippen LogP contribution in [0, 0.1) is 5.92 Å². The lowest BCUT2D eigenvalue weighted by Crippen LogP contribution is -2.05. The van der Waals surface area contributed by atoms with Gasteiger partial charge in [-0.05, 0) is 30.5 Å². The fraction of sp³-hybridized carbons (Fsp3) is 0.385. The number of nitrogens with two attached hydrogens (primary N) is 1. The summed E-state index contributed by atoms with van der Waals surface area (Å²) in [6.45, 7) is 0.987. The molecular formula is C13H16N4. The van der Waals surface area contributed by atoms with Gasteiger partial charge >= 0.3 is 0 Å². The summed E-state index contributed by atoms with van der Waals surface area (Å²) in [5.74, 6) is 1.85. The lowest BCUT2D eigenvalue weighted by atomic mass is 10.2. The molecule has 4 heteroatoms. The molecule has 1 aliphatic rings. The largest absolute Gasteiger partial charge is 0.399 e. The molecule has 0 radical (unpaired) electrons. The van der Waals surface area contributed by atoms with Gasteiger partial charge in [0.25, 0.3) is 0 Å². The molecule has 0 aliphatic heterocycles. The third-order valence-corrected chi connectivity index (χ3v) is 3.20. The van der Waals surface area contributed by atoms with Crippen molar-refractivity contribution in [2.75, 3.05) is 17.6 Å². The topological polar surface area (TPSA) is 63.8 Å². The molecule has 17 heavy (non-hydrogen) atoms. The highest BCUT2D eigenvalue weighted by atomic mass is 15.0. The highest BCUT2D eigenvalue weighted by Gasteiger charge is 2.20. The Kier molecular flexibility index (Phi) is 2.55. The van der Waals surface area contributed by atoms with E-state index >= 15 is 0 Å². The van der Waals surface area contributed by atoms with Crippen molar-refractivity contribution < 1.29 is 0 Å². The summed E-state index contributed by atoms with van der Waals surface area (Å²) in [5, 5.41) is 4.43. The lowest BCUT2D eigenvalue weighted by molar-refractivity contribution is 0.759. The number of hydrogen-bond donors (Lipinski definition) is 2. The first-order valence-electron chi connectivity index (χ1n) is 6.07. The zero-order valence-corrected chi connectivity index (χ0v) is 9.69. The van der Waals surface area contributed by atoms with Gasteiger partial charge in [-0.2, -0.15) is 0 Å². The van der Waals surface area contributed by atoms with Gasteiger partial charge in [-0.15, -0.1) is 0 Å². The van der Waals surface area contributed by atoms with E-state index in [1.54, 1.807) is 6.33 Å². The van der Waals surface area contributed by atoms with Crippen LogP contribution >= 0.6 is 0 Å². The van der Waals surface area contributed by atoms with Gasteiger partial charge in [0.15, 0.2) is 0 Å². The molecule has 1 aromatic heterocycles. The minimum absolute atomic E-state index is 0.736. The van der Waals surface area contributed by atoms with Crippen molar-refractivity contribution in [1.82, 2.24) is 9.97 Å². The van der Waals surface area contributed by atoms with E-state index in [0.717, 1.165) is 34.9 Å². The second-order valence-corrected chi connectivity index (χ2v) is 4.66. The van der Waals surface area contributed by atoms with Crippen LogP contribution in [0.25, 0.3) is 10.9 Å². The second kappa shape index (κ2) is 4.20. The molecule has 1 heterocycles. The van der Waals surface area contributed by atoms with E-state index in [-0.39, 0.29) is 0 Å². The normalized spacial score (nSPS) is 15.1. The van der Waals surface area contributed by atoms with Gasteiger partial charge in [-0.1, -0.05) is 12.8 Å². The fourth-order valence-corrected chi connectivity index (χ4v) is 2.02. The standard InChI is InChI=1S/C13H16N4/c14-10-3-4-11-12(7-10)16-8-17-13(11)15-6-5-9-1-2-9/h3-4,7-9H,1-2,5-6,14H2,(H,15,16,17). The third-order valence-electron chi connectivity index (χ3n) is 3.20. The molecule has 1 aliphatic carbocycles. The number of hydrogen-bond acceptors (Lipinski definition) is 4. The van der Waals surface area contributed by atoms with Crippen molar-refractivity contribution in [2.24, 2.45) is 5.92 Å². The highest BCUT2D eigenvalue weighted by Crippen LogP contribution is 2.32. The minimum atomic E-state index is 0.736. The van der Waals surface area contributed by atoms with Crippen LogP contribution in [0.4, 0.5) is 11.5 Å². The van der Waals surface area contributed by atoms with Crippen molar-refractivity contribution in [1.29, 1.82) is 0 Å². The second-order valence-electron chi connectivity index (χ2n) is 4.66. The summed E-state index contributed by atoms with van der Waals surface area (Å²) in [4.78, 5) is 8.52. The quantitative estimate of drug-likeness (QED) is 0.789. The van der Waals surface area contributed by atoms with Crippen LogP contribution in [0.2, 0.25) is 0 Å². The molecule has 4 nitrogen and oxygen atoms in total. The molecule has 88 valence electrons.